The molecule has 1 aromatic carbocycles. The maximum absolute atomic E-state index is 6.76. The van der Waals surface area contributed by atoms with Crippen LogP contribution in [-0.4, -0.2) is 0 Å². The van der Waals surface area contributed by atoms with Gasteiger partial charge in [-0.1, -0.05) is 63.8 Å². The predicted octanol–water partition coefficient (Wildman–Crippen LogP) is 4.78. The summed E-state index contributed by atoms with van der Waals surface area (Å²) in [6.07, 6.45) is 10.1. The molecular weight excluding hydrogens is 230 g/mol. The molecule has 2 atom stereocenters. The van der Waals surface area contributed by atoms with Crippen molar-refractivity contribution in [3.8, 4) is 0 Å². The van der Waals surface area contributed by atoms with Crippen LogP contribution in [0.15, 0.2) is 24.3 Å². The van der Waals surface area contributed by atoms with Crippen LogP contribution in [0.3, 0.4) is 0 Å². The van der Waals surface area contributed by atoms with Crippen molar-refractivity contribution in [2.24, 2.45) is 11.7 Å². The molecule has 1 fully saturated rings. The average Bonchev–Trinajstić information content (AvgIpc) is 2.63. The van der Waals surface area contributed by atoms with Gasteiger partial charge in [-0.3, -0.25) is 0 Å². The molecule has 0 aromatic heterocycles. The highest BCUT2D eigenvalue weighted by Crippen LogP contribution is 2.37. The molecule has 2 unspecified atom stereocenters. The second kappa shape index (κ2) is 6.56. The first-order valence-corrected chi connectivity index (χ1v) is 8.06. The van der Waals surface area contributed by atoms with Crippen LogP contribution in [-0.2, 0) is 12.0 Å². The third-order valence-electron chi connectivity index (χ3n) is 4.84. The lowest BCUT2D eigenvalue weighted by Gasteiger charge is -2.29. The van der Waals surface area contributed by atoms with Gasteiger partial charge in [-0.2, -0.15) is 0 Å². The summed E-state index contributed by atoms with van der Waals surface area (Å²) in [5.41, 5.74) is 9.47. The van der Waals surface area contributed by atoms with Gasteiger partial charge in [-0.15, -0.1) is 0 Å². The van der Waals surface area contributed by atoms with Gasteiger partial charge in [0.25, 0.3) is 0 Å². The van der Waals surface area contributed by atoms with Crippen LogP contribution >= 0.6 is 0 Å². The first-order chi connectivity index (χ1) is 9.18. The lowest BCUT2D eigenvalue weighted by atomic mass is 9.82. The molecule has 2 N–H and O–H groups in total. The average molecular weight is 259 g/mol. The summed E-state index contributed by atoms with van der Waals surface area (Å²) in [6, 6.07) is 8.96. The van der Waals surface area contributed by atoms with Crippen LogP contribution in [0.4, 0.5) is 0 Å². The van der Waals surface area contributed by atoms with Crippen LogP contribution in [0.1, 0.15) is 69.9 Å². The Hall–Kier alpha value is -0.820. The minimum Gasteiger partial charge on any atom is -0.321 e. The second-order valence-corrected chi connectivity index (χ2v) is 6.30. The molecule has 0 saturated heterocycles. The van der Waals surface area contributed by atoms with Gasteiger partial charge < -0.3 is 5.73 Å². The highest BCUT2D eigenvalue weighted by Gasteiger charge is 2.30. The summed E-state index contributed by atoms with van der Waals surface area (Å²) in [7, 11) is 0. The fourth-order valence-corrected chi connectivity index (χ4v) is 3.52. The number of rotatable bonds is 4. The van der Waals surface area contributed by atoms with Gasteiger partial charge in [0.05, 0.1) is 0 Å². The summed E-state index contributed by atoms with van der Waals surface area (Å²) in [4.78, 5) is 0. The van der Waals surface area contributed by atoms with Crippen molar-refractivity contribution >= 4 is 0 Å². The van der Waals surface area contributed by atoms with Gasteiger partial charge >= 0.3 is 0 Å². The Morgan fingerprint density at radius 1 is 1.21 bits per heavy atom. The first kappa shape index (κ1) is 14.6. The van der Waals surface area contributed by atoms with E-state index in [0.717, 1.165) is 25.2 Å². The van der Waals surface area contributed by atoms with E-state index >= 15 is 0 Å². The molecule has 1 saturated carbocycles. The molecule has 2 rings (SSSR count). The minimum atomic E-state index is -0.0757. The quantitative estimate of drug-likeness (QED) is 0.773. The van der Waals surface area contributed by atoms with Gasteiger partial charge in [0.15, 0.2) is 0 Å². The summed E-state index contributed by atoms with van der Waals surface area (Å²) < 4.78 is 0. The van der Waals surface area contributed by atoms with Crippen molar-refractivity contribution in [1.29, 1.82) is 0 Å². The smallest absolute Gasteiger partial charge is 0.0409 e. The fraction of sp³-hybridized carbons (Fsp3) is 0.667. The lowest BCUT2D eigenvalue weighted by molar-refractivity contribution is 0.367. The van der Waals surface area contributed by atoms with Crippen LogP contribution in [0.5, 0.6) is 0 Å². The van der Waals surface area contributed by atoms with E-state index < -0.39 is 0 Å². The summed E-state index contributed by atoms with van der Waals surface area (Å²) in [5.74, 6) is 0.907. The zero-order valence-electron chi connectivity index (χ0n) is 12.6. The normalized spacial score (nSPS) is 28.1. The van der Waals surface area contributed by atoms with Crippen molar-refractivity contribution in [3.63, 3.8) is 0 Å². The summed E-state index contributed by atoms with van der Waals surface area (Å²) >= 11 is 0. The number of aryl methyl sites for hydroxylation is 1. The van der Waals surface area contributed by atoms with Gasteiger partial charge in [0.2, 0.25) is 0 Å². The number of benzene rings is 1. The fourth-order valence-electron chi connectivity index (χ4n) is 3.52. The minimum absolute atomic E-state index is 0.0757. The molecule has 0 spiro atoms. The summed E-state index contributed by atoms with van der Waals surface area (Å²) in [6.45, 7) is 4.51. The topological polar surface area (TPSA) is 26.0 Å². The third kappa shape index (κ3) is 3.60. The lowest BCUT2D eigenvalue weighted by Crippen LogP contribution is -2.36. The number of hydrogen-bond donors (Lipinski definition) is 1. The molecule has 106 valence electrons. The molecule has 19 heavy (non-hydrogen) atoms. The summed E-state index contributed by atoms with van der Waals surface area (Å²) in [5, 5.41) is 0. The van der Waals surface area contributed by atoms with Crippen molar-refractivity contribution in [2.75, 3.05) is 0 Å². The van der Waals surface area contributed by atoms with Gasteiger partial charge in [-0.25, -0.2) is 0 Å². The molecule has 0 heterocycles. The largest absolute Gasteiger partial charge is 0.321 e. The molecule has 1 heteroatoms. The Balaban J connectivity index is 2.12. The molecule has 1 aromatic rings. The van der Waals surface area contributed by atoms with Crippen LogP contribution in [0, 0.1) is 5.92 Å². The Kier molecular flexibility index (Phi) is 5.04. The Labute approximate surface area is 118 Å². The Bertz CT molecular complexity index is 398. The monoisotopic (exact) mass is 259 g/mol. The van der Waals surface area contributed by atoms with Crippen molar-refractivity contribution in [1.82, 2.24) is 0 Å². The molecule has 0 aliphatic heterocycles. The highest BCUT2D eigenvalue weighted by molar-refractivity contribution is 5.29. The van der Waals surface area contributed by atoms with E-state index in [4.69, 9.17) is 5.73 Å². The zero-order valence-corrected chi connectivity index (χ0v) is 12.6. The molecule has 1 aliphatic rings. The van der Waals surface area contributed by atoms with Gasteiger partial charge in [-0.05, 0) is 42.7 Å². The van der Waals surface area contributed by atoms with E-state index in [1.807, 2.05) is 0 Å². The van der Waals surface area contributed by atoms with E-state index in [9.17, 15) is 0 Å². The predicted molar refractivity (Wildman–Crippen MR) is 83.2 cm³/mol. The van der Waals surface area contributed by atoms with Gasteiger partial charge in [0, 0.05) is 5.54 Å². The van der Waals surface area contributed by atoms with E-state index in [1.54, 1.807) is 0 Å². The van der Waals surface area contributed by atoms with Crippen LogP contribution in [0.2, 0.25) is 0 Å². The second-order valence-electron chi connectivity index (χ2n) is 6.30. The SMILES string of the molecule is CCCC1CCCC(N)(c2cccc(CC)c2)CC1. The van der Waals surface area contributed by atoms with Crippen LogP contribution in [0.25, 0.3) is 0 Å². The van der Waals surface area contributed by atoms with E-state index in [0.29, 0.717) is 0 Å². The van der Waals surface area contributed by atoms with Crippen molar-refractivity contribution in [2.45, 2.75) is 70.8 Å². The van der Waals surface area contributed by atoms with Crippen molar-refractivity contribution < 1.29 is 0 Å². The van der Waals surface area contributed by atoms with Gasteiger partial charge in [0.1, 0.15) is 0 Å². The van der Waals surface area contributed by atoms with E-state index in [1.165, 1.54) is 43.2 Å². The maximum Gasteiger partial charge on any atom is 0.0409 e. The number of nitrogens with two attached hydrogens (primary N) is 1. The molecular formula is C18H29N. The molecule has 0 amide bonds. The zero-order chi connectivity index (χ0) is 13.7. The van der Waals surface area contributed by atoms with Crippen molar-refractivity contribution in [3.05, 3.63) is 35.4 Å². The first-order valence-electron chi connectivity index (χ1n) is 8.06. The highest BCUT2D eigenvalue weighted by atomic mass is 14.7. The van der Waals surface area contributed by atoms with E-state index in [2.05, 4.69) is 38.1 Å². The molecule has 0 radical (unpaired) electrons. The molecule has 1 aliphatic carbocycles. The van der Waals surface area contributed by atoms with Crippen LogP contribution < -0.4 is 5.73 Å². The third-order valence-corrected chi connectivity index (χ3v) is 4.84. The maximum atomic E-state index is 6.76. The standard InChI is InChI=1S/C18H29N/c1-3-7-16-9-6-12-18(19,13-11-16)17-10-5-8-15(4-2)14-17/h5,8,10,14,16H,3-4,6-7,9,11-13,19H2,1-2H3. The molecule has 1 nitrogen and oxygen atoms in total. The molecule has 0 bridgehead atoms. The van der Waals surface area contributed by atoms with E-state index in [-0.39, 0.29) is 5.54 Å². The Morgan fingerprint density at radius 2 is 2.05 bits per heavy atom. The number of hydrogen-bond acceptors (Lipinski definition) is 1. The Morgan fingerprint density at radius 3 is 2.79 bits per heavy atom.